The maximum absolute atomic E-state index is 13.6. The summed E-state index contributed by atoms with van der Waals surface area (Å²) in [4.78, 5) is 30.2. The Kier molecular flexibility index (Phi) is 7.71. The number of alkyl halides is 3. The van der Waals surface area contributed by atoms with E-state index in [1.165, 1.54) is 30.5 Å². The van der Waals surface area contributed by atoms with Gasteiger partial charge in [-0.2, -0.15) is 18.3 Å². The zero-order valence-corrected chi connectivity index (χ0v) is 20.4. The van der Waals surface area contributed by atoms with Crippen LogP contribution in [0.25, 0.3) is 11.3 Å². The van der Waals surface area contributed by atoms with Crippen molar-refractivity contribution >= 4 is 12.0 Å². The van der Waals surface area contributed by atoms with E-state index in [1.807, 2.05) is 0 Å². The third kappa shape index (κ3) is 6.41. The van der Waals surface area contributed by atoms with Crippen LogP contribution < -0.4 is 5.32 Å². The van der Waals surface area contributed by atoms with E-state index in [9.17, 15) is 27.9 Å². The summed E-state index contributed by atoms with van der Waals surface area (Å²) in [6.45, 7) is 4.79. The van der Waals surface area contributed by atoms with E-state index in [1.54, 1.807) is 50.8 Å². The minimum absolute atomic E-state index is 0.0472. The SMILES string of the molecule is Cn1nccc1-c1ccc(C(=O)N[C@H](Cc2ccccc2C(F)(F)F)CN(C(=O)O)C(C)(C)C)nc1. The Bertz CT molecular complexity index is 1220. The molecule has 0 aliphatic heterocycles. The summed E-state index contributed by atoms with van der Waals surface area (Å²) in [6, 6.07) is 9.07. The Morgan fingerprint density at radius 2 is 1.81 bits per heavy atom. The van der Waals surface area contributed by atoms with Crippen molar-refractivity contribution in [3.05, 3.63) is 71.7 Å². The minimum Gasteiger partial charge on any atom is -0.465 e. The van der Waals surface area contributed by atoms with Crippen molar-refractivity contribution < 1.29 is 27.9 Å². The molecule has 3 rings (SSSR count). The molecule has 3 aromatic rings. The van der Waals surface area contributed by atoms with Crippen LogP contribution >= 0.6 is 0 Å². The van der Waals surface area contributed by atoms with Crippen LogP contribution in [-0.2, 0) is 19.6 Å². The van der Waals surface area contributed by atoms with Gasteiger partial charge in [-0.25, -0.2) is 4.79 Å². The molecule has 0 fully saturated rings. The fraction of sp³-hybridized carbons (Fsp3) is 0.360. The van der Waals surface area contributed by atoms with Crippen molar-refractivity contribution in [1.29, 1.82) is 0 Å². The average Bonchev–Trinajstić information content (AvgIpc) is 3.21. The number of hydrogen-bond acceptors (Lipinski definition) is 4. The van der Waals surface area contributed by atoms with E-state index in [2.05, 4.69) is 15.4 Å². The molecule has 11 heteroatoms. The summed E-state index contributed by atoms with van der Waals surface area (Å²) in [5.74, 6) is -0.625. The molecule has 192 valence electrons. The number of aromatic nitrogens is 3. The van der Waals surface area contributed by atoms with Gasteiger partial charge in [0.05, 0.1) is 17.3 Å². The van der Waals surface area contributed by atoms with Crippen molar-refractivity contribution in [3.8, 4) is 11.3 Å². The van der Waals surface area contributed by atoms with Gasteiger partial charge in [-0.15, -0.1) is 0 Å². The predicted octanol–water partition coefficient (Wildman–Crippen LogP) is 4.62. The lowest BCUT2D eigenvalue weighted by Gasteiger charge is -2.36. The summed E-state index contributed by atoms with van der Waals surface area (Å²) >= 11 is 0. The van der Waals surface area contributed by atoms with Gasteiger partial charge in [0.1, 0.15) is 5.69 Å². The van der Waals surface area contributed by atoms with Gasteiger partial charge in [0.2, 0.25) is 0 Å². The van der Waals surface area contributed by atoms with Gasteiger partial charge in [0, 0.05) is 37.1 Å². The van der Waals surface area contributed by atoms with Gasteiger partial charge in [0.15, 0.2) is 0 Å². The molecule has 2 heterocycles. The third-order valence-electron chi connectivity index (χ3n) is 5.68. The first-order valence-electron chi connectivity index (χ1n) is 11.2. The molecule has 0 unspecified atom stereocenters. The number of hydrogen-bond donors (Lipinski definition) is 2. The van der Waals surface area contributed by atoms with Crippen LogP contribution in [0.1, 0.15) is 42.4 Å². The number of carbonyl (C=O) groups is 2. The minimum atomic E-state index is -4.59. The highest BCUT2D eigenvalue weighted by atomic mass is 19.4. The van der Waals surface area contributed by atoms with E-state index >= 15 is 0 Å². The molecule has 36 heavy (non-hydrogen) atoms. The number of benzene rings is 1. The first-order valence-corrected chi connectivity index (χ1v) is 11.2. The van der Waals surface area contributed by atoms with Crippen molar-refractivity contribution in [2.45, 2.75) is 44.9 Å². The number of carboxylic acid groups (broad SMARTS) is 1. The van der Waals surface area contributed by atoms with Gasteiger partial charge in [0.25, 0.3) is 5.91 Å². The van der Waals surface area contributed by atoms with Gasteiger partial charge < -0.3 is 15.3 Å². The van der Waals surface area contributed by atoms with Crippen molar-refractivity contribution in [2.24, 2.45) is 7.05 Å². The molecule has 0 saturated carbocycles. The van der Waals surface area contributed by atoms with Crippen LogP contribution in [0, 0.1) is 0 Å². The average molecular weight is 504 g/mol. The van der Waals surface area contributed by atoms with Crippen LogP contribution in [0.5, 0.6) is 0 Å². The van der Waals surface area contributed by atoms with E-state index in [-0.39, 0.29) is 24.2 Å². The van der Waals surface area contributed by atoms with Crippen LogP contribution in [0.3, 0.4) is 0 Å². The van der Waals surface area contributed by atoms with Gasteiger partial charge >= 0.3 is 12.3 Å². The van der Waals surface area contributed by atoms with Crippen molar-refractivity contribution in [3.63, 3.8) is 0 Å². The quantitative estimate of drug-likeness (QED) is 0.490. The van der Waals surface area contributed by atoms with Crippen molar-refractivity contribution in [2.75, 3.05) is 6.54 Å². The molecule has 0 spiro atoms. The van der Waals surface area contributed by atoms with Crippen LogP contribution in [0.2, 0.25) is 0 Å². The number of pyridine rings is 1. The Labute approximate surface area is 206 Å². The zero-order chi connectivity index (χ0) is 26.7. The monoisotopic (exact) mass is 503 g/mol. The standard InChI is InChI=1S/C25H28F3N5O3/c1-24(2,3)33(23(35)36)15-18(13-16-7-5-6-8-19(16)25(26,27)28)31-22(34)20-10-9-17(14-29-20)21-11-12-30-32(21)4/h5-12,14,18H,13,15H2,1-4H3,(H,31,34)(H,35,36)/t18-/m1/s1. The lowest BCUT2D eigenvalue weighted by molar-refractivity contribution is -0.138. The van der Waals surface area contributed by atoms with Crippen LogP contribution in [0.4, 0.5) is 18.0 Å². The van der Waals surface area contributed by atoms with E-state index in [0.29, 0.717) is 0 Å². The highest BCUT2D eigenvalue weighted by Crippen LogP contribution is 2.32. The van der Waals surface area contributed by atoms with Gasteiger partial charge in [-0.05, 0) is 57.0 Å². The van der Waals surface area contributed by atoms with Gasteiger partial charge in [-0.3, -0.25) is 14.5 Å². The summed E-state index contributed by atoms with van der Waals surface area (Å²) in [6.07, 6.45) is -2.94. The molecule has 2 aromatic heterocycles. The molecule has 0 radical (unpaired) electrons. The summed E-state index contributed by atoms with van der Waals surface area (Å²) < 4.78 is 42.4. The Morgan fingerprint density at radius 3 is 2.33 bits per heavy atom. The lowest BCUT2D eigenvalue weighted by atomic mass is 9.97. The number of aryl methyl sites for hydroxylation is 1. The number of amides is 2. The second-order valence-corrected chi connectivity index (χ2v) is 9.37. The van der Waals surface area contributed by atoms with E-state index < -0.39 is 35.3 Å². The molecular weight excluding hydrogens is 475 g/mol. The molecule has 2 amide bonds. The zero-order valence-electron chi connectivity index (χ0n) is 20.4. The molecule has 0 saturated heterocycles. The predicted molar refractivity (Wildman–Crippen MR) is 127 cm³/mol. The molecular formula is C25H28F3N5O3. The maximum atomic E-state index is 13.6. The fourth-order valence-corrected chi connectivity index (χ4v) is 3.86. The molecule has 1 aromatic carbocycles. The summed E-state index contributed by atoms with van der Waals surface area (Å²) in [5, 5.41) is 16.5. The molecule has 1 atom stereocenters. The smallest absolute Gasteiger partial charge is 0.416 e. The Balaban J connectivity index is 1.89. The second kappa shape index (κ2) is 10.4. The van der Waals surface area contributed by atoms with E-state index in [0.717, 1.165) is 22.2 Å². The molecule has 0 bridgehead atoms. The first-order chi connectivity index (χ1) is 16.8. The number of nitrogens with zero attached hydrogens (tertiary/aromatic N) is 4. The second-order valence-electron chi connectivity index (χ2n) is 9.37. The van der Waals surface area contributed by atoms with E-state index in [4.69, 9.17) is 0 Å². The molecule has 2 N–H and O–H groups in total. The lowest BCUT2D eigenvalue weighted by Crippen LogP contribution is -2.53. The topological polar surface area (TPSA) is 100 Å². The van der Waals surface area contributed by atoms with Crippen LogP contribution in [-0.4, -0.2) is 54.9 Å². The van der Waals surface area contributed by atoms with Gasteiger partial charge in [-0.1, -0.05) is 18.2 Å². The third-order valence-corrected chi connectivity index (χ3v) is 5.68. The molecule has 8 nitrogen and oxygen atoms in total. The highest BCUT2D eigenvalue weighted by molar-refractivity contribution is 5.92. The summed E-state index contributed by atoms with van der Waals surface area (Å²) in [5.41, 5.74) is -0.158. The van der Waals surface area contributed by atoms with Crippen LogP contribution in [0.15, 0.2) is 54.9 Å². The largest absolute Gasteiger partial charge is 0.465 e. The molecule has 0 aliphatic carbocycles. The van der Waals surface area contributed by atoms with Crippen molar-refractivity contribution in [1.82, 2.24) is 25.0 Å². The highest BCUT2D eigenvalue weighted by Gasteiger charge is 2.35. The first kappa shape index (κ1) is 26.7. The molecule has 0 aliphatic rings. The summed E-state index contributed by atoms with van der Waals surface area (Å²) in [7, 11) is 1.77. The Morgan fingerprint density at radius 1 is 1.11 bits per heavy atom. The number of nitrogens with one attached hydrogen (secondary N) is 1. The Hall–Kier alpha value is -3.89. The fourth-order valence-electron chi connectivity index (χ4n) is 3.86. The number of rotatable bonds is 7. The maximum Gasteiger partial charge on any atom is 0.416 e. The number of halogens is 3. The number of carbonyl (C=O) groups excluding carboxylic acids is 1. The normalized spacial score (nSPS) is 12.8.